The van der Waals surface area contributed by atoms with Crippen LogP contribution in [0.4, 0.5) is 0 Å². The molecule has 0 radical (unpaired) electrons. The third kappa shape index (κ3) is 2.48. The zero-order chi connectivity index (χ0) is 13.6. The summed E-state index contributed by atoms with van der Waals surface area (Å²) in [5, 5.41) is 3.43. The number of hydrogen-bond acceptors (Lipinski definition) is 3. The third-order valence-corrected chi connectivity index (χ3v) is 4.55. The minimum Gasteiger partial charge on any atom is -0.369 e. The monoisotopic (exact) mass is 253 g/mol. The maximum Gasteiger partial charge on any atom is 0.158 e. The second kappa shape index (κ2) is 4.31. The summed E-state index contributed by atoms with van der Waals surface area (Å²) in [6.45, 7) is 11.3. The van der Waals surface area contributed by atoms with Gasteiger partial charge in [0.15, 0.2) is 5.78 Å². The molecule has 2 fully saturated rings. The van der Waals surface area contributed by atoms with Crippen LogP contribution in [0.2, 0.25) is 0 Å². The molecule has 3 nitrogen and oxygen atoms in total. The Morgan fingerprint density at radius 1 is 1.17 bits per heavy atom. The van der Waals surface area contributed by atoms with Gasteiger partial charge in [0, 0.05) is 0 Å². The van der Waals surface area contributed by atoms with Gasteiger partial charge < -0.3 is 10.1 Å². The second-order valence-corrected chi connectivity index (χ2v) is 7.30. The normalized spacial score (nSPS) is 38.6. The van der Waals surface area contributed by atoms with Crippen molar-refractivity contribution in [2.24, 2.45) is 5.92 Å². The maximum atomic E-state index is 12.9. The molecule has 2 rings (SSSR count). The van der Waals surface area contributed by atoms with E-state index in [4.69, 9.17) is 4.74 Å². The Labute approximate surface area is 111 Å². The molecule has 0 amide bonds. The van der Waals surface area contributed by atoms with Crippen LogP contribution in [0.3, 0.4) is 0 Å². The van der Waals surface area contributed by atoms with Gasteiger partial charge in [0.2, 0.25) is 0 Å². The van der Waals surface area contributed by atoms with E-state index in [1.54, 1.807) is 0 Å². The summed E-state index contributed by atoms with van der Waals surface area (Å²) < 4.78 is 6.06. The van der Waals surface area contributed by atoms with Gasteiger partial charge in [-0.2, -0.15) is 0 Å². The van der Waals surface area contributed by atoms with Crippen LogP contribution < -0.4 is 5.32 Å². The fourth-order valence-corrected chi connectivity index (χ4v) is 3.62. The van der Waals surface area contributed by atoms with E-state index in [2.05, 4.69) is 39.9 Å². The van der Waals surface area contributed by atoms with Crippen molar-refractivity contribution in [3.8, 4) is 0 Å². The van der Waals surface area contributed by atoms with Gasteiger partial charge in [-0.3, -0.25) is 4.79 Å². The minimum absolute atomic E-state index is 0.00287. The summed E-state index contributed by atoms with van der Waals surface area (Å²) in [5.74, 6) is 0.348. The van der Waals surface area contributed by atoms with E-state index in [0.29, 0.717) is 5.78 Å². The summed E-state index contributed by atoms with van der Waals surface area (Å²) in [7, 11) is 0. The zero-order valence-electron chi connectivity index (χ0n) is 12.4. The molecule has 1 N–H and O–H groups in total. The lowest BCUT2D eigenvalue weighted by Gasteiger charge is -2.38. The molecule has 0 saturated carbocycles. The van der Waals surface area contributed by atoms with Crippen LogP contribution >= 0.6 is 0 Å². The number of piperidine rings is 1. The van der Waals surface area contributed by atoms with Crippen molar-refractivity contribution >= 4 is 5.78 Å². The quantitative estimate of drug-likeness (QED) is 0.822. The van der Waals surface area contributed by atoms with Gasteiger partial charge in [-0.25, -0.2) is 0 Å². The van der Waals surface area contributed by atoms with Crippen LogP contribution in [0.1, 0.15) is 60.3 Å². The molecule has 104 valence electrons. The highest BCUT2D eigenvalue weighted by Crippen LogP contribution is 2.44. The van der Waals surface area contributed by atoms with Gasteiger partial charge in [0.1, 0.15) is 0 Å². The molecule has 0 aromatic carbocycles. The largest absolute Gasteiger partial charge is 0.369 e. The van der Waals surface area contributed by atoms with Gasteiger partial charge in [-0.15, -0.1) is 0 Å². The average Bonchev–Trinajstić information content (AvgIpc) is 2.46. The first-order chi connectivity index (χ1) is 8.16. The Morgan fingerprint density at radius 3 is 2.28 bits per heavy atom. The van der Waals surface area contributed by atoms with Crippen LogP contribution in [0.25, 0.3) is 0 Å². The van der Waals surface area contributed by atoms with E-state index >= 15 is 0 Å². The lowest BCUT2D eigenvalue weighted by atomic mass is 9.74. The van der Waals surface area contributed by atoms with Crippen molar-refractivity contribution < 1.29 is 9.53 Å². The molecule has 0 aromatic rings. The predicted molar refractivity (Wildman–Crippen MR) is 72.6 cm³/mol. The molecule has 18 heavy (non-hydrogen) atoms. The topological polar surface area (TPSA) is 38.3 Å². The first kappa shape index (κ1) is 14.0. The van der Waals surface area contributed by atoms with E-state index in [1.807, 2.05) is 0 Å². The fourth-order valence-electron chi connectivity index (χ4n) is 3.62. The zero-order valence-corrected chi connectivity index (χ0v) is 12.4. The van der Waals surface area contributed by atoms with Gasteiger partial charge in [-0.1, -0.05) is 0 Å². The summed E-state index contributed by atoms with van der Waals surface area (Å²) in [6.07, 6.45) is 4.11. The van der Waals surface area contributed by atoms with E-state index < -0.39 is 0 Å². The lowest BCUT2D eigenvalue weighted by molar-refractivity contribution is -0.136. The number of carbonyl (C=O) groups is 1. The van der Waals surface area contributed by atoms with Crippen molar-refractivity contribution in [2.75, 3.05) is 6.54 Å². The van der Waals surface area contributed by atoms with E-state index in [1.165, 1.54) is 6.42 Å². The molecule has 2 unspecified atom stereocenters. The highest BCUT2D eigenvalue weighted by Gasteiger charge is 2.53. The Morgan fingerprint density at radius 2 is 1.83 bits per heavy atom. The van der Waals surface area contributed by atoms with Crippen molar-refractivity contribution in [2.45, 2.75) is 77.0 Å². The Balaban J connectivity index is 2.18. The highest BCUT2D eigenvalue weighted by molar-refractivity contribution is 5.91. The predicted octanol–water partition coefficient (Wildman–Crippen LogP) is 2.68. The molecule has 0 aliphatic carbocycles. The van der Waals surface area contributed by atoms with Crippen LogP contribution in [0.15, 0.2) is 0 Å². The maximum absolute atomic E-state index is 12.9. The Bertz CT molecular complexity index is 340. The summed E-state index contributed by atoms with van der Waals surface area (Å²) in [4.78, 5) is 12.9. The SMILES string of the molecule is CC1(C)CC(C(=O)C2(C)CCCCN2)C(C)(C)O1. The van der Waals surface area contributed by atoms with Crippen LogP contribution in [0, 0.1) is 5.92 Å². The Hall–Kier alpha value is -0.410. The number of rotatable bonds is 2. The van der Waals surface area contributed by atoms with Gasteiger partial charge >= 0.3 is 0 Å². The minimum atomic E-state index is -0.345. The molecular weight excluding hydrogens is 226 g/mol. The summed E-state index contributed by atoms with van der Waals surface area (Å²) in [6, 6.07) is 0. The lowest BCUT2D eigenvalue weighted by Crippen LogP contribution is -2.56. The molecule has 2 atom stereocenters. The molecule has 0 bridgehead atoms. The number of Topliss-reactive ketones (excluding diaryl/α,β-unsaturated/α-hetero) is 1. The molecule has 0 aromatic heterocycles. The molecular formula is C15H27NO2. The first-order valence-electron chi connectivity index (χ1n) is 7.16. The third-order valence-electron chi connectivity index (χ3n) is 4.55. The number of ketones is 1. The summed E-state index contributed by atoms with van der Waals surface area (Å²) >= 11 is 0. The average molecular weight is 253 g/mol. The first-order valence-corrected chi connectivity index (χ1v) is 7.16. The van der Waals surface area contributed by atoms with Crippen molar-refractivity contribution in [3.05, 3.63) is 0 Å². The van der Waals surface area contributed by atoms with Gasteiger partial charge in [-0.05, 0) is 66.8 Å². The van der Waals surface area contributed by atoms with Gasteiger partial charge in [0.05, 0.1) is 22.7 Å². The summed E-state index contributed by atoms with van der Waals surface area (Å²) in [5.41, 5.74) is -0.873. The fraction of sp³-hybridized carbons (Fsp3) is 0.933. The molecule has 2 saturated heterocycles. The molecule has 2 heterocycles. The number of carbonyl (C=O) groups excluding carboxylic acids is 1. The van der Waals surface area contributed by atoms with E-state index in [-0.39, 0.29) is 22.7 Å². The van der Waals surface area contributed by atoms with Crippen LogP contribution in [-0.2, 0) is 9.53 Å². The van der Waals surface area contributed by atoms with Crippen molar-refractivity contribution in [1.29, 1.82) is 0 Å². The van der Waals surface area contributed by atoms with E-state index in [0.717, 1.165) is 25.8 Å². The highest BCUT2D eigenvalue weighted by atomic mass is 16.5. The second-order valence-electron chi connectivity index (χ2n) is 7.30. The van der Waals surface area contributed by atoms with Crippen molar-refractivity contribution in [1.82, 2.24) is 5.32 Å². The standard InChI is InChI=1S/C15H27NO2/c1-13(2)10-11(14(3,4)18-13)12(17)15(5)8-6-7-9-16-15/h11,16H,6-10H2,1-5H3. The Kier molecular flexibility index (Phi) is 3.35. The number of nitrogens with one attached hydrogen (secondary N) is 1. The van der Waals surface area contributed by atoms with Crippen LogP contribution in [0.5, 0.6) is 0 Å². The molecule has 0 spiro atoms. The molecule has 2 aliphatic rings. The molecule has 3 heteroatoms. The van der Waals surface area contributed by atoms with Gasteiger partial charge in [0.25, 0.3) is 0 Å². The smallest absolute Gasteiger partial charge is 0.158 e. The van der Waals surface area contributed by atoms with Crippen LogP contribution in [-0.4, -0.2) is 29.1 Å². The molecule has 2 aliphatic heterocycles. The van der Waals surface area contributed by atoms with E-state index in [9.17, 15) is 4.79 Å². The number of ether oxygens (including phenoxy) is 1. The van der Waals surface area contributed by atoms with Crippen molar-refractivity contribution in [3.63, 3.8) is 0 Å². The number of hydrogen-bond donors (Lipinski definition) is 1.